The van der Waals surface area contributed by atoms with Gasteiger partial charge in [0.2, 0.25) is 11.9 Å². The van der Waals surface area contributed by atoms with Crippen LogP contribution in [-0.4, -0.2) is 39.9 Å². The minimum absolute atomic E-state index is 0.0983. The van der Waals surface area contributed by atoms with Gasteiger partial charge >= 0.3 is 0 Å². The zero-order valence-electron chi connectivity index (χ0n) is 21.8. The Hall–Kier alpha value is -5.24. The molecule has 1 heterocycles. The molecule has 8 heteroatoms. The number of hydrogen-bond donors (Lipinski definition) is 1. The molecule has 0 aliphatic heterocycles. The number of methoxy groups -OCH3 is 1. The van der Waals surface area contributed by atoms with Gasteiger partial charge in [0.05, 0.1) is 18.4 Å². The molecule has 1 aromatic heterocycles. The van der Waals surface area contributed by atoms with Gasteiger partial charge in [0.25, 0.3) is 5.91 Å². The number of carbonyl (C=O) groups excluding carboxylic acids is 2. The lowest BCUT2D eigenvalue weighted by atomic mass is 10.1. The van der Waals surface area contributed by atoms with Gasteiger partial charge < -0.3 is 9.64 Å². The Bertz CT molecular complexity index is 1600. The van der Waals surface area contributed by atoms with E-state index in [1.54, 1.807) is 17.7 Å². The van der Waals surface area contributed by atoms with Gasteiger partial charge in [-0.3, -0.25) is 19.5 Å². The van der Waals surface area contributed by atoms with Crippen LogP contribution in [0.5, 0.6) is 5.75 Å². The summed E-state index contributed by atoms with van der Waals surface area (Å²) in [4.78, 5) is 32.8. The lowest BCUT2D eigenvalue weighted by Gasteiger charge is -2.23. The molecule has 0 saturated heterocycles. The van der Waals surface area contributed by atoms with Crippen LogP contribution in [0.2, 0.25) is 0 Å². The largest absolute Gasteiger partial charge is 0.497 e. The number of rotatable bonds is 9. The number of para-hydroxylation sites is 1. The topological polar surface area (TPSA) is 76.5 Å². The van der Waals surface area contributed by atoms with Gasteiger partial charge in [-0.15, -0.1) is 0 Å². The summed E-state index contributed by atoms with van der Waals surface area (Å²) in [6, 6.07) is 31.9. The van der Waals surface area contributed by atoms with E-state index in [1.165, 1.54) is 23.1 Å². The average Bonchev–Trinajstić information content (AvgIpc) is 3.41. The Morgan fingerprint density at radius 1 is 0.875 bits per heavy atom. The first-order valence-corrected chi connectivity index (χ1v) is 12.7. The highest BCUT2D eigenvalue weighted by molar-refractivity contribution is 5.99. The normalized spacial score (nSPS) is 10.7. The molecule has 5 aromatic rings. The molecule has 0 spiro atoms. The smallest absolute Gasteiger partial charge is 0.257 e. The first kappa shape index (κ1) is 26.4. The Morgan fingerprint density at radius 3 is 2.20 bits per heavy atom. The fourth-order valence-electron chi connectivity index (χ4n) is 4.30. The monoisotopic (exact) mass is 534 g/mol. The van der Waals surface area contributed by atoms with Crippen molar-refractivity contribution >= 4 is 17.8 Å². The molecule has 5 rings (SSSR count). The van der Waals surface area contributed by atoms with Crippen LogP contribution in [0.1, 0.15) is 15.9 Å². The van der Waals surface area contributed by atoms with Crippen LogP contribution in [-0.2, 0) is 11.3 Å². The molecule has 40 heavy (non-hydrogen) atoms. The lowest BCUT2D eigenvalue weighted by molar-refractivity contribution is -0.117. The highest BCUT2D eigenvalue weighted by Gasteiger charge is 2.23. The molecular formula is C32H27FN4O3. The van der Waals surface area contributed by atoms with E-state index >= 15 is 0 Å². The molecule has 7 nitrogen and oxygen atoms in total. The fraction of sp³-hybridized carbons (Fsp3) is 0.0938. The first-order valence-electron chi connectivity index (χ1n) is 12.7. The van der Waals surface area contributed by atoms with Gasteiger partial charge in [-0.2, -0.15) is 0 Å². The second-order valence-corrected chi connectivity index (χ2v) is 9.06. The van der Waals surface area contributed by atoms with Crippen LogP contribution in [0, 0.1) is 5.82 Å². The number of ether oxygens (including phenoxy) is 1. The number of hydrogen-bond acceptors (Lipinski definition) is 4. The number of imidazole rings is 1. The Kier molecular flexibility index (Phi) is 7.97. The van der Waals surface area contributed by atoms with Crippen molar-refractivity contribution in [3.05, 3.63) is 132 Å². The summed E-state index contributed by atoms with van der Waals surface area (Å²) >= 11 is 0. The van der Waals surface area contributed by atoms with Crippen molar-refractivity contribution in [3.63, 3.8) is 0 Å². The molecule has 0 aliphatic carbocycles. The highest BCUT2D eigenvalue weighted by Crippen LogP contribution is 2.26. The maximum atomic E-state index is 14.5. The molecule has 0 saturated carbocycles. The van der Waals surface area contributed by atoms with Crippen molar-refractivity contribution < 1.29 is 18.7 Å². The minimum atomic E-state index is -0.644. The van der Waals surface area contributed by atoms with Crippen LogP contribution in [0.4, 0.5) is 10.3 Å². The van der Waals surface area contributed by atoms with E-state index in [4.69, 9.17) is 4.74 Å². The molecule has 4 aromatic carbocycles. The number of carbonyl (C=O) groups is 2. The highest BCUT2D eigenvalue weighted by atomic mass is 19.1. The summed E-state index contributed by atoms with van der Waals surface area (Å²) in [6.07, 6.45) is 1.83. The molecule has 1 N–H and O–H groups in total. The summed E-state index contributed by atoms with van der Waals surface area (Å²) < 4.78 is 21.5. The van der Waals surface area contributed by atoms with Crippen molar-refractivity contribution in [2.75, 3.05) is 19.0 Å². The fourth-order valence-corrected chi connectivity index (χ4v) is 4.30. The van der Waals surface area contributed by atoms with E-state index in [-0.39, 0.29) is 18.7 Å². The third-order valence-corrected chi connectivity index (χ3v) is 6.32. The summed E-state index contributed by atoms with van der Waals surface area (Å²) in [7, 11) is 1.60. The van der Waals surface area contributed by atoms with Gasteiger partial charge in [0.1, 0.15) is 18.1 Å². The Labute approximate surface area is 231 Å². The first-order chi connectivity index (χ1) is 19.5. The van der Waals surface area contributed by atoms with Gasteiger partial charge in [-0.25, -0.2) is 9.37 Å². The van der Waals surface area contributed by atoms with Gasteiger partial charge in [0, 0.05) is 24.0 Å². The van der Waals surface area contributed by atoms with E-state index in [9.17, 15) is 14.0 Å². The zero-order valence-corrected chi connectivity index (χ0v) is 21.8. The lowest BCUT2D eigenvalue weighted by Crippen LogP contribution is -2.38. The number of halogens is 1. The third kappa shape index (κ3) is 6.07. The van der Waals surface area contributed by atoms with Crippen molar-refractivity contribution in [2.24, 2.45) is 0 Å². The van der Waals surface area contributed by atoms with Crippen LogP contribution in [0.25, 0.3) is 16.9 Å². The van der Waals surface area contributed by atoms with Crippen LogP contribution in [0.3, 0.4) is 0 Å². The predicted octanol–water partition coefficient (Wildman–Crippen LogP) is 5.97. The number of amides is 2. The molecule has 2 amide bonds. The zero-order chi connectivity index (χ0) is 27.9. The molecular weight excluding hydrogens is 507 g/mol. The minimum Gasteiger partial charge on any atom is -0.497 e. The molecule has 0 atom stereocenters. The SMILES string of the molecule is COc1ccc(-c2cn(-c3ccccc3)c(NC(=O)CN(Cc3ccccc3)C(=O)c3ccccc3F)n2)cc1. The van der Waals surface area contributed by atoms with Crippen LogP contribution >= 0.6 is 0 Å². The maximum absolute atomic E-state index is 14.5. The molecule has 0 radical (unpaired) electrons. The van der Waals surface area contributed by atoms with Gasteiger partial charge in [-0.05, 0) is 54.1 Å². The molecule has 200 valence electrons. The Morgan fingerprint density at radius 2 is 1.52 bits per heavy atom. The van der Waals surface area contributed by atoms with E-state index in [2.05, 4.69) is 10.3 Å². The van der Waals surface area contributed by atoms with Crippen molar-refractivity contribution in [2.45, 2.75) is 6.54 Å². The van der Waals surface area contributed by atoms with Crippen LogP contribution < -0.4 is 10.1 Å². The quantitative estimate of drug-likeness (QED) is 0.253. The van der Waals surface area contributed by atoms with Gasteiger partial charge in [-0.1, -0.05) is 60.7 Å². The van der Waals surface area contributed by atoms with E-state index in [0.29, 0.717) is 11.6 Å². The Balaban J connectivity index is 1.43. The van der Waals surface area contributed by atoms with E-state index < -0.39 is 17.6 Å². The van der Waals surface area contributed by atoms with E-state index in [0.717, 1.165) is 22.6 Å². The summed E-state index contributed by atoms with van der Waals surface area (Å²) in [6.45, 7) is -0.173. The number of nitrogens with one attached hydrogen (secondary N) is 1. The molecule has 0 fully saturated rings. The number of aromatic nitrogens is 2. The number of benzene rings is 4. The van der Waals surface area contributed by atoms with Crippen LogP contribution in [0.15, 0.2) is 115 Å². The predicted molar refractivity (Wildman–Crippen MR) is 152 cm³/mol. The molecule has 0 aliphatic rings. The summed E-state index contributed by atoms with van der Waals surface area (Å²) in [5, 5.41) is 2.86. The van der Waals surface area contributed by atoms with Crippen molar-refractivity contribution in [1.82, 2.24) is 14.5 Å². The molecule has 0 unspecified atom stereocenters. The summed E-state index contributed by atoms with van der Waals surface area (Å²) in [5.74, 6) is -0.681. The second kappa shape index (κ2) is 12.1. The van der Waals surface area contributed by atoms with Crippen molar-refractivity contribution in [1.29, 1.82) is 0 Å². The number of anilines is 1. The van der Waals surface area contributed by atoms with Gasteiger partial charge in [0.15, 0.2) is 0 Å². The number of nitrogens with zero attached hydrogens (tertiary/aromatic N) is 3. The second-order valence-electron chi connectivity index (χ2n) is 9.06. The average molecular weight is 535 g/mol. The molecule has 0 bridgehead atoms. The summed E-state index contributed by atoms with van der Waals surface area (Å²) in [5.41, 5.74) is 3.00. The van der Waals surface area contributed by atoms with Crippen molar-refractivity contribution in [3.8, 4) is 22.7 Å². The maximum Gasteiger partial charge on any atom is 0.257 e. The van der Waals surface area contributed by atoms with E-state index in [1.807, 2.05) is 91.1 Å². The standard InChI is InChI=1S/C32H27FN4O3/c1-40-26-18-16-24(17-19-26)29-21-37(25-12-6-3-7-13-25)32(34-29)35-30(38)22-36(20-23-10-4-2-5-11-23)31(39)27-14-8-9-15-28(27)33/h2-19,21H,20,22H2,1H3,(H,34,35,38). The third-order valence-electron chi connectivity index (χ3n) is 6.32.